The van der Waals surface area contributed by atoms with E-state index in [1.807, 2.05) is 23.2 Å². The predicted octanol–water partition coefficient (Wildman–Crippen LogP) is 0.915. The van der Waals surface area contributed by atoms with Gasteiger partial charge in [0, 0.05) is 18.8 Å². The van der Waals surface area contributed by atoms with E-state index in [9.17, 15) is 4.79 Å². The molecule has 2 aromatic rings. The molecular weight excluding hydrogens is 282 g/mol. The molecule has 22 heavy (non-hydrogen) atoms. The normalized spacial score (nSPS) is 17.7. The average Bonchev–Trinajstić information content (AvgIpc) is 3.19. The number of amides is 1. The highest BCUT2D eigenvalue weighted by molar-refractivity contribution is 5.79. The summed E-state index contributed by atoms with van der Waals surface area (Å²) >= 11 is 0. The summed E-state index contributed by atoms with van der Waals surface area (Å²) in [6.07, 6.45) is 5.80. The number of nitrogens with zero attached hydrogens (tertiary/aromatic N) is 5. The van der Waals surface area contributed by atoms with Crippen molar-refractivity contribution in [2.75, 3.05) is 13.7 Å². The van der Waals surface area contributed by atoms with Crippen LogP contribution in [0.1, 0.15) is 18.5 Å². The zero-order chi connectivity index (χ0) is 15.4. The number of hydrogen-bond donors (Lipinski definition) is 0. The van der Waals surface area contributed by atoms with E-state index in [1.165, 1.54) is 0 Å². The Morgan fingerprint density at radius 2 is 2.36 bits per heavy atom. The second-order valence-electron chi connectivity index (χ2n) is 5.36. The Morgan fingerprint density at radius 3 is 3.14 bits per heavy atom. The molecule has 1 amide bonds. The highest BCUT2D eigenvalue weighted by Crippen LogP contribution is 2.20. The van der Waals surface area contributed by atoms with E-state index in [0.29, 0.717) is 18.8 Å². The largest absolute Gasteiger partial charge is 0.481 e. The second-order valence-corrected chi connectivity index (χ2v) is 5.36. The van der Waals surface area contributed by atoms with E-state index < -0.39 is 0 Å². The SMILES string of the molecule is COc1cccc(CC(=O)N2CCC[C@H]2Cn2ccnn2)n1. The lowest BCUT2D eigenvalue weighted by Crippen LogP contribution is -2.39. The summed E-state index contributed by atoms with van der Waals surface area (Å²) < 4.78 is 6.88. The summed E-state index contributed by atoms with van der Waals surface area (Å²) in [4.78, 5) is 18.8. The highest BCUT2D eigenvalue weighted by Gasteiger charge is 2.29. The molecule has 0 unspecified atom stereocenters. The van der Waals surface area contributed by atoms with Crippen molar-refractivity contribution in [2.45, 2.75) is 31.8 Å². The Morgan fingerprint density at radius 1 is 1.45 bits per heavy atom. The van der Waals surface area contributed by atoms with Gasteiger partial charge in [0.25, 0.3) is 0 Å². The third-order valence-corrected chi connectivity index (χ3v) is 3.89. The number of aromatic nitrogens is 4. The van der Waals surface area contributed by atoms with Gasteiger partial charge in [-0.25, -0.2) is 4.98 Å². The van der Waals surface area contributed by atoms with Gasteiger partial charge in [-0.2, -0.15) is 0 Å². The molecular formula is C15H19N5O2. The summed E-state index contributed by atoms with van der Waals surface area (Å²) in [7, 11) is 1.57. The first-order valence-corrected chi connectivity index (χ1v) is 7.40. The monoisotopic (exact) mass is 301 g/mol. The summed E-state index contributed by atoms with van der Waals surface area (Å²) in [5.41, 5.74) is 0.732. The molecule has 0 N–H and O–H groups in total. The maximum absolute atomic E-state index is 12.6. The van der Waals surface area contributed by atoms with E-state index >= 15 is 0 Å². The van der Waals surface area contributed by atoms with Gasteiger partial charge < -0.3 is 9.64 Å². The lowest BCUT2D eigenvalue weighted by atomic mass is 10.2. The number of hydrogen-bond acceptors (Lipinski definition) is 5. The highest BCUT2D eigenvalue weighted by atomic mass is 16.5. The minimum absolute atomic E-state index is 0.100. The smallest absolute Gasteiger partial charge is 0.228 e. The number of carbonyl (C=O) groups excluding carboxylic acids is 1. The van der Waals surface area contributed by atoms with Gasteiger partial charge in [-0.05, 0) is 18.9 Å². The Bertz CT molecular complexity index is 629. The lowest BCUT2D eigenvalue weighted by molar-refractivity contribution is -0.131. The van der Waals surface area contributed by atoms with Crippen LogP contribution in [0.4, 0.5) is 0 Å². The Hall–Kier alpha value is -2.44. The first kappa shape index (κ1) is 14.5. The molecule has 0 spiro atoms. The van der Waals surface area contributed by atoms with Gasteiger partial charge in [-0.15, -0.1) is 5.10 Å². The van der Waals surface area contributed by atoms with Crippen LogP contribution in [0, 0.1) is 0 Å². The first-order chi connectivity index (χ1) is 10.8. The van der Waals surface area contributed by atoms with Crippen LogP contribution in [-0.4, -0.2) is 50.5 Å². The van der Waals surface area contributed by atoms with Crippen molar-refractivity contribution in [3.8, 4) is 5.88 Å². The van der Waals surface area contributed by atoms with Crippen molar-refractivity contribution < 1.29 is 9.53 Å². The molecule has 1 aliphatic rings. The van der Waals surface area contributed by atoms with Gasteiger partial charge in [0.1, 0.15) is 0 Å². The fourth-order valence-corrected chi connectivity index (χ4v) is 2.83. The van der Waals surface area contributed by atoms with Crippen molar-refractivity contribution in [2.24, 2.45) is 0 Å². The van der Waals surface area contributed by atoms with Crippen LogP contribution in [0.25, 0.3) is 0 Å². The topological polar surface area (TPSA) is 73.1 Å². The summed E-state index contributed by atoms with van der Waals surface area (Å²) in [5, 5.41) is 7.79. The molecule has 7 heteroatoms. The van der Waals surface area contributed by atoms with Crippen LogP contribution in [0.15, 0.2) is 30.6 Å². The number of rotatable bonds is 5. The van der Waals surface area contributed by atoms with E-state index in [2.05, 4.69) is 15.3 Å². The van der Waals surface area contributed by atoms with E-state index in [1.54, 1.807) is 24.1 Å². The second kappa shape index (κ2) is 6.55. The molecule has 2 aromatic heterocycles. The number of ether oxygens (including phenoxy) is 1. The van der Waals surface area contributed by atoms with Gasteiger partial charge in [0.15, 0.2) is 0 Å². The zero-order valence-corrected chi connectivity index (χ0v) is 12.6. The number of pyridine rings is 1. The van der Waals surface area contributed by atoms with Crippen molar-refractivity contribution in [3.05, 3.63) is 36.3 Å². The molecule has 3 rings (SSSR count). The average molecular weight is 301 g/mol. The minimum Gasteiger partial charge on any atom is -0.481 e. The number of methoxy groups -OCH3 is 1. The van der Waals surface area contributed by atoms with Gasteiger partial charge >= 0.3 is 0 Å². The van der Waals surface area contributed by atoms with Crippen LogP contribution < -0.4 is 4.74 Å². The van der Waals surface area contributed by atoms with Gasteiger partial charge in [-0.1, -0.05) is 11.3 Å². The molecule has 0 aromatic carbocycles. The molecule has 0 aliphatic carbocycles. The fraction of sp³-hybridized carbons (Fsp3) is 0.467. The van der Waals surface area contributed by atoms with Gasteiger partial charge in [-0.3, -0.25) is 9.48 Å². The molecule has 3 heterocycles. The van der Waals surface area contributed by atoms with Gasteiger partial charge in [0.2, 0.25) is 11.8 Å². The van der Waals surface area contributed by atoms with Gasteiger partial charge in [0.05, 0.1) is 38.0 Å². The van der Waals surface area contributed by atoms with Crippen LogP contribution in [0.2, 0.25) is 0 Å². The minimum atomic E-state index is 0.100. The van der Waals surface area contributed by atoms with E-state index in [0.717, 1.165) is 25.1 Å². The summed E-state index contributed by atoms with van der Waals surface area (Å²) in [6.45, 7) is 1.49. The van der Waals surface area contributed by atoms with Crippen molar-refractivity contribution >= 4 is 5.91 Å². The number of likely N-dealkylation sites (tertiary alicyclic amines) is 1. The summed E-state index contributed by atoms with van der Waals surface area (Å²) in [6, 6.07) is 5.66. The maximum atomic E-state index is 12.6. The molecule has 116 valence electrons. The van der Waals surface area contributed by atoms with Crippen molar-refractivity contribution in [1.82, 2.24) is 24.9 Å². The molecule has 1 aliphatic heterocycles. The first-order valence-electron chi connectivity index (χ1n) is 7.40. The number of carbonyl (C=O) groups is 1. The fourth-order valence-electron chi connectivity index (χ4n) is 2.83. The third kappa shape index (κ3) is 3.24. The Labute approximate surface area is 128 Å². The molecule has 1 atom stereocenters. The summed E-state index contributed by atoms with van der Waals surface area (Å²) in [5.74, 6) is 0.634. The molecule has 0 radical (unpaired) electrons. The molecule has 7 nitrogen and oxygen atoms in total. The lowest BCUT2D eigenvalue weighted by Gasteiger charge is -2.24. The van der Waals surface area contributed by atoms with Crippen LogP contribution >= 0.6 is 0 Å². The zero-order valence-electron chi connectivity index (χ0n) is 12.6. The van der Waals surface area contributed by atoms with Crippen LogP contribution in [-0.2, 0) is 17.8 Å². The predicted molar refractivity (Wildman–Crippen MR) is 79.3 cm³/mol. The van der Waals surface area contributed by atoms with E-state index in [4.69, 9.17) is 4.74 Å². The molecule has 1 fully saturated rings. The van der Waals surface area contributed by atoms with Crippen LogP contribution in [0.5, 0.6) is 5.88 Å². The quantitative estimate of drug-likeness (QED) is 0.821. The Balaban J connectivity index is 1.65. The Kier molecular flexibility index (Phi) is 4.32. The van der Waals surface area contributed by atoms with E-state index in [-0.39, 0.29) is 11.9 Å². The molecule has 0 bridgehead atoms. The van der Waals surface area contributed by atoms with Crippen molar-refractivity contribution in [1.29, 1.82) is 0 Å². The maximum Gasteiger partial charge on any atom is 0.228 e. The van der Waals surface area contributed by atoms with Crippen LogP contribution in [0.3, 0.4) is 0 Å². The van der Waals surface area contributed by atoms with Crippen molar-refractivity contribution in [3.63, 3.8) is 0 Å². The standard InChI is InChI=1S/C15H19N5O2/c1-22-14-6-2-4-12(17-14)10-15(21)20-8-3-5-13(20)11-19-9-7-16-18-19/h2,4,6-7,9,13H,3,5,8,10-11H2,1H3/t13-/m0/s1. The third-order valence-electron chi connectivity index (χ3n) is 3.89. The molecule has 0 saturated carbocycles. The molecule has 1 saturated heterocycles.